The summed E-state index contributed by atoms with van der Waals surface area (Å²) in [5.74, 6) is -0.987. The molecule has 0 radical (unpaired) electrons. The van der Waals surface area contributed by atoms with Crippen molar-refractivity contribution in [1.82, 2.24) is 15.0 Å². The number of carboxylic acid groups (broad SMARTS) is 1. The Morgan fingerprint density at radius 2 is 1.70 bits per heavy atom. The number of aryl methyl sites for hydroxylation is 3. The Kier molecular flexibility index (Phi) is 9.87. The van der Waals surface area contributed by atoms with Crippen LogP contribution in [-0.4, -0.2) is 36.5 Å². The number of hydrogen-bond acceptors (Lipinski definition) is 6. The van der Waals surface area contributed by atoms with Crippen LogP contribution in [0.4, 0.5) is 5.69 Å². The predicted octanol–water partition coefficient (Wildman–Crippen LogP) is 4.69. The van der Waals surface area contributed by atoms with Crippen LogP contribution in [0, 0.1) is 32.2 Å². The van der Waals surface area contributed by atoms with Gasteiger partial charge in [-0.2, -0.15) is 9.98 Å². The molecule has 0 aliphatic rings. The minimum absolute atomic E-state index is 0.0314. The lowest BCUT2D eigenvalue weighted by atomic mass is 10.0. The van der Waals surface area contributed by atoms with Gasteiger partial charge in [-0.15, -0.1) is 0 Å². The van der Waals surface area contributed by atoms with Crippen molar-refractivity contribution in [2.75, 3.05) is 5.32 Å². The predicted molar refractivity (Wildman–Crippen MR) is 166 cm³/mol. The van der Waals surface area contributed by atoms with Crippen LogP contribution in [-0.2, 0) is 27.8 Å². The number of anilines is 1. The average molecular weight is 597 g/mol. The molecule has 4 N–H and O–H groups in total. The highest BCUT2D eigenvalue weighted by atomic mass is 32.2. The molecule has 4 aromatic rings. The highest BCUT2D eigenvalue weighted by molar-refractivity contribution is 7.89. The van der Waals surface area contributed by atoms with Crippen LogP contribution in [0.1, 0.15) is 27.9 Å². The van der Waals surface area contributed by atoms with E-state index in [9.17, 15) is 18.3 Å². The quantitative estimate of drug-likeness (QED) is 0.0889. The number of rotatable bonds is 10. The van der Waals surface area contributed by atoms with E-state index in [0.717, 1.165) is 22.4 Å². The van der Waals surface area contributed by atoms with Crippen molar-refractivity contribution in [2.24, 2.45) is 4.99 Å². The van der Waals surface area contributed by atoms with E-state index in [1.807, 2.05) is 67.7 Å². The Bertz CT molecular complexity index is 1760. The molecule has 4 rings (SSSR count). The van der Waals surface area contributed by atoms with Crippen molar-refractivity contribution < 1.29 is 18.3 Å². The number of hydrogen-bond donors (Lipinski definition) is 4. The zero-order valence-electron chi connectivity index (χ0n) is 24.0. The van der Waals surface area contributed by atoms with Crippen molar-refractivity contribution in [1.29, 1.82) is 5.26 Å². The molecule has 1 atom stereocenters. The molecule has 0 aliphatic heterocycles. The minimum Gasteiger partial charge on any atom is -0.480 e. The van der Waals surface area contributed by atoms with Gasteiger partial charge in [-0.25, -0.2) is 13.4 Å². The first-order valence-electron chi connectivity index (χ1n) is 13.4. The van der Waals surface area contributed by atoms with Gasteiger partial charge in [0.05, 0.1) is 17.1 Å². The summed E-state index contributed by atoms with van der Waals surface area (Å²) in [4.78, 5) is 20.8. The van der Waals surface area contributed by atoms with Gasteiger partial charge in [0, 0.05) is 11.9 Å². The molecule has 0 fully saturated rings. The van der Waals surface area contributed by atoms with E-state index in [0.29, 0.717) is 22.4 Å². The number of nitrogens with one attached hydrogen (secondary N) is 3. The standard InChI is InChI=1S/C32H32N6O4S/c1-21-15-22(2)30(23(3)16-21)43(41,42)38-29(31(39)40)17-24-10-12-25(13-11-24)26-7-6-9-27(18-26)37-32(36-20-33)35-19-28-8-4-5-14-34-28/h4-16,18,29,38H,17,19H2,1-3H3,(H,39,40)(H2,35,36,37). The van der Waals surface area contributed by atoms with Gasteiger partial charge in [0.2, 0.25) is 16.0 Å². The van der Waals surface area contributed by atoms with E-state index in [-0.39, 0.29) is 23.8 Å². The number of pyridine rings is 1. The number of guanidine groups is 1. The van der Waals surface area contributed by atoms with Crippen LogP contribution in [0.3, 0.4) is 0 Å². The van der Waals surface area contributed by atoms with Crippen molar-refractivity contribution in [3.63, 3.8) is 0 Å². The van der Waals surface area contributed by atoms with Crippen molar-refractivity contribution in [2.45, 2.75) is 44.7 Å². The summed E-state index contributed by atoms with van der Waals surface area (Å²) in [6.07, 6.45) is 3.53. The molecule has 10 nitrogen and oxygen atoms in total. The molecular formula is C32H32N6O4S. The average Bonchev–Trinajstić information content (AvgIpc) is 2.96. The van der Waals surface area contributed by atoms with Gasteiger partial charge in [0.15, 0.2) is 6.19 Å². The largest absolute Gasteiger partial charge is 0.480 e. The van der Waals surface area contributed by atoms with E-state index in [1.165, 1.54) is 0 Å². The fourth-order valence-electron chi connectivity index (χ4n) is 4.81. The molecule has 0 bridgehead atoms. The van der Waals surface area contributed by atoms with Crippen LogP contribution in [0.15, 0.2) is 94.9 Å². The van der Waals surface area contributed by atoms with Gasteiger partial charge >= 0.3 is 5.97 Å². The third kappa shape index (κ3) is 8.25. The van der Waals surface area contributed by atoms with Crippen LogP contribution in [0.25, 0.3) is 11.1 Å². The molecule has 0 aliphatic carbocycles. The molecule has 0 amide bonds. The van der Waals surface area contributed by atoms with Crippen molar-refractivity contribution in [3.8, 4) is 17.3 Å². The van der Waals surface area contributed by atoms with Crippen LogP contribution >= 0.6 is 0 Å². The van der Waals surface area contributed by atoms with Gasteiger partial charge in [-0.3, -0.25) is 15.1 Å². The maximum absolute atomic E-state index is 13.2. The molecule has 0 saturated carbocycles. The lowest BCUT2D eigenvalue weighted by Gasteiger charge is -2.18. The summed E-state index contributed by atoms with van der Waals surface area (Å²) in [5, 5.41) is 24.6. The number of nitrogens with zero attached hydrogens (tertiary/aromatic N) is 3. The number of carbonyl (C=O) groups is 1. The Balaban J connectivity index is 1.48. The summed E-state index contributed by atoms with van der Waals surface area (Å²) >= 11 is 0. The second kappa shape index (κ2) is 13.7. The Labute approximate surface area is 251 Å². The van der Waals surface area contributed by atoms with Crippen LogP contribution < -0.4 is 15.4 Å². The second-order valence-electron chi connectivity index (χ2n) is 10.1. The summed E-state index contributed by atoms with van der Waals surface area (Å²) in [5.41, 5.74) is 5.91. The molecule has 1 unspecified atom stereocenters. The number of sulfonamides is 1. The first-order chi connectivity index (χ1) is 20.6. The zero-order valence-corrected chi connectivity index (χ0v) is 24.8. The molecular weight excluding hydrogens is 564 g/mol. The maximum Gasteiger partial charge on any atom is 0.322 e. The number of carboxylic acids is 1. The van der Waals surface area contributed by atoms with E-state index in [1.54, 1.807) is 44.3 Å². The number of aromatic nitrogens is 1. The maximum atomic E-state index is 13.2. The molecule has 220 valence electrons. The number of benzene rings is 3. The highest BCUT2D eigenvalue weighted by Gasteiger charge is 2.28. The molecule has 0 saturated heterocycles. The molecule has 1 aromatic heterocycles. The summed E-state index contributed by atoms with van der Waals surface area (Å²) in [6.45, 7) is 5.56. The van der Waals surface area contributed by atoms with E-state index >= 15 is 0 Å². The number of nitriles is 1. The van der Waals surface area contributed by atoms with Crippen molar-refractivity contribution in [3.05, 3.63) is 113 Å². The summed E-state index contributed by atoms with van der Waals surface area (Å²) in [6, 6.07) is 22.5. The summed E-state index contributed by atoms with van der Waals surface area (Å²) in [7, 11) is -4.07. The molecule has 3 aromatic carbocycles. The summed E-state index contributed by atoms with van der Waals surface area (Å²) < 4.78 is 28.7. The fourth-order valence-corrected chi connectivity index (χ4v) is 6.46. The topological polar surface area (TPSA) is 157 Å². The molecule has 43 heavy (non-hydrogen) atoms. The Morgan fingerprint density at radius 3 is 2.33 bits per heavy atom. The number of aliphatic carboxylic acids is 1. The lowest BCUT2D eigenvalue weighted by Crippen LogP contribution is -2.42. The zero-order chi connectivity index (χ0) is 31.0. The van der Waals surface area contributed by atoms with Gasteiger partial charge < -0.3 is 10.4 Å². The SMILES string of the molecule is Cc1cc(C)c(S(=O)(=O)NC(Cc2ccc(-c3cccc(NC(=NCc4ccccn4)NC#N)c3)cc2)C(=O)O)c(C)c1. The monoisotopic (exact) mass is 596 g/mol. The Morgan fingerprint density at radius 1 is 0.977 bits per heavy atom. The van der Waals surface area contributed by atoms with Crippen molar-refractivity contribution >= 4 is 27.6 Å². The molecule has 1 heterocycles. The van der Waals surface area contributed by atoms with Crippen LogP contribution in [0.2, 0.25) is 0 Å². The Hall–Kier alpha value is -5.05. The third-order valence-corrected chi connectivity index (χ3v) is 8.40. The second-order valence-corrected chi connectivity index (χ2v) is 11.7. The van der Waals surface area contributed by atoms with E-state index in [4.69, 9.17) is 5.26 Å². The lowest BCUT2D eigenvalue weighted by molar-refractivity contribution is -0.138. The van der Waals surface area contributed by atoms with E-state index < -0.39 is 22.0 Å². The van der Waals surface area contributed by atoms with Gasteiger partial charge in [0.25, 0.3) is 0 Å². The van der Waals surface area contributed by atoms with Gasteiger partial charge in [-0.1, -0.05) is 60.2 Å². The molecule has 0 spiro atoms. The smallest absolute Gasteiger partial charge is 0.322 e. The number of aliphatic imine (C=N–C) groups is 1. The van der Waals surface area contributed by atoms with Gasteiger partial charge in [0.1, 0.15) is 6.04 Å². The highest BCUT2D eigenvalue weighted by Crippen LogP contribution is 2.25. The van der Waals surface area contributed by atoms with Crippen LogP contribution in [0.5, 0.6) is 0 Å². The normalized spacial score (nSPS) is 12.3. The minimum atomic E-state index is -4.07. The van der Waals surface area contributed by atoms with E-state index in [2.05, 4.69) is 25.3 Å². The first-order valence-corrected chi connectivity index (χ1v) is 14.9. The third-order valence-electron chi connectivity index (χ3n) is 6.62. The fraction of sp³-hybridized carbons (Fsp3) is 0.188. The molecule has 11 heteroatoms. The van der Waals surface area contributed by atoms with Gasteiger partial charge in [-0.05, 0) is 79.3 Å². The first kappa shape index (κ1) is 30.9.